The summed E-state index contributed by atoms with van der Waals surface area (Å²) in [5.41, 5.74) is 3.28. The lowest BCUT2D eigenvalue weighted by molar-refractivity contribution is 0.415. The first-order chi connectivity index (χ1) is 11.2. The predicted octanol–water partition coefficient (Wildman–Crippen LogP) is 4.13. The fourth-order valence-corrected chi connectivity index (χ4v) is 2.76. The van der Waals surface area contributed by atoms with Crippen molar-refractivity contribution in [2.75, 3.05) is 25.5 Å². The van der Waals surface area contributed by atoms with Crippen LogP contribution >= 0.6 is 0 Å². The Kier molecular flexibility index (Phi) is 6.66. The molecule has 0 amide bonds. The first kappa shape index (κ1) is 17.5. The summed E-state index contributed by atoms with van der Waals surface area (Å²) in [5, 5.41) is 8.20. The Bertz CT molecular complexity index is 627. The lowest BCUT2D eigenvalue weighted by Gasteiger charge is -2.18. The number of aromatic nitrogens is 1. The van der Waals surface area contributed by atoms with E-state index in [1.54, 1.807) is 7.11 Å². The van der Waals surface area contributed by atoms with Crippen molar-refractivity contribution in [2.24, 2.45) is 0 Å². The van der Waals surface area contributed by atoms with E-state index >= 15 is 0 Å². The molecule has 1 heterocycles. The number of ether oxygens (including phenoxy) is 1. The molecule has 0 aliphatic heterocycles. The Morgan fingerprint density at radius 3 is 2.83 bits per heavy atom. The van der Waals surface area contributed by atoms with E-state index in [2.05, 4.69) is 42.5 Å². The van der Waals surface area contributed by atoms with Crippen LogP contribution in [0.5, 0.6) is 5.75 Å². The first-order valence-electron chi connectivity index (χ1n) is 8.56. The van der Waals surface area contributed by atoms with Crippen molar-refractivity contribution in [2.45, 2.75) is 46.1 Å². The van der Waals surface area contributed by atoms with E-state index in [0.717, 1.165) is 41.9 Å². The van der Waals surface area contributed by atoms with Gasteiger partial charge in [0.05, 0.1) is 18.3 Å². The van der Waals surface area contributed by atoms with Gasteiger partial charge in [-0.05, 0) is 63.9 Å². The summed E-state index contributed by atoms with van der Waals surface area (Å²) in [6.45, 7) is 8.71. The number of anilines is 1. The summed E-state index contributed by atoms with van der Waals surface area (Å²) in [4.78, 5) is 4.56. The number of hydrogen-bond donors (Lipinski definition) is 2. The van der Waals surface area contributed by atoms with Crippen molar-refractivity contribution >= 4 is 16.6 Å². The Labute approximate surface area is 139 Å². The molecule has 0 spiro atoms. The number of aryl methyl sites for hydroxylation is 1. The number of fused-ring (bicyclic) bond motifs is 1. The fourth-order valence-electron chi connectivity index (χ4n) is 2.76. The summed E-state index contributed by atoms with van der Waals surface area (Å²) in [5.74, 6) is 0.868. The predicted molar refractivity (Wildman–Crippen MR) is 98.5 cm³/mol. The van der Waals surface area contributed by atoms with Gasteiger partial charge < -0.3 is 15.4 Å². The molecule has 0 fully saturated rings. The second-order valence-electron chi connectivity index (χ2n) is 6.14. The van der Waals surface area contributed by atoms with Crippen LogP contribution < -0.4 is 15.4 Å². The molecule has 1 atom stereocenters. The number of nitrogens with zero attached hydrogens (tertiary/aromatic N) is 1. The third-order valence-corrected chi connectivity index (χ3v) is 4.09. The van der Waals surface area contributed by atoms with Crippen LogP contribution in [0.2, 0.25) is 0 Å². The number of rotatable bonds is 9. The highest BCUT2D eigenvalue weighted by Crippen LogP contribution is 2.30. The molecule has 0 saturated carbocycles. The molecule has 2 aromatic rings. The maximum absolute atomic E-state index is 5.45. The number of hydrogen-bond acceptors (Lipinski definition) is 4. The van der Waals surface area contributed by atoms with Gasteiger partial charge in [-0.1, -0.05) is 6.92 Å². The van der Waals surface area contributed by atoms with Crippen molar-refractivity contribution < 1.29 is 4.74 Å². The Morgan fingerprint density at radius 1 is 1.26 bits per heavy atom. The van der Waals surface area contributed by atoms with Gasteiger partial charge >= 0.3 is 0 Å². The van der Waals surface area contributed by atoms with Crippen molar-refractivity contribution in [3.05, 3.63) is 30.0 Å². The molecule has 0 saturated heterocycles. The van der Waals surface area contributed by atoms with Crippen molar-refractivity contribution in [3.63, 3.8) is 0 Å². The van der Waals surface area contributed by atoms with E-state index in [-0.39, 0.29) is 0 Å². The Morgan fingerprint density at radius 2 is 2.09 bits per heavy atom. The van der Waals surface area contributed by atoms with Gasteiger partial charge in [0.25, 0.3) is 0 Å². The largest absolute Gasteiger partial charge is 0.497 e. The van der Waals surface area contributed by atoms with Crippen LogP contribution in [-0.4, -0.2) is 31.2 Å². The molecular weight excluding hydrogens is 286 g/mol. The van der Waals surface area contributed by atoms with Gasteiger partial charge in [-0.25, -0.2) is 0 Å². The topological polar surface area (TPSA) is 46.2 Å². The normalized spacial score (nSPS) is 12.3. The summed E-state index contributed by atoms with van der Waals surface area (Å²) >= 11 is 0. The first-order valence-corrected chi connectivity index (χ1v) is 8.56. The molecular formula is C19H29N3O. The van der Waals surface area contributed by atoms with Gasteiger partial charge in [0.15, 0.2) is 0 Å². The SMILES string of the molecule is CCCNCCC[C@@H](C)Nc1cc(OC)cc2c(C)ccnc12. The monoisotopic (exact) mass is 315 g/mol. The van der Waals surface area contributed by atoms with Gasteiger partial charge in [-0.3, -0.25) is 4.98 Å². The molecule has 2 rings (SSSR count). The van der Waals surface area contributed by atoms with Gasteiger partial charge in [-0.15, -0.1) is 0 Å². The second kappa shape index (κ2) is 8.73. The smallest absolute Gasteiger partial charge is 0.121 e. The van der Waals surface area contributed by atoms with Gasteiger partial charge in [0, 0.05) is 23.7 Å². The molecule has 0 aliphatic rings. The quantitative estimate of drug-likeness (QED) is 0.683. The molecule has 4 heteroatoms. The van der Waals surface area contributed by atoms with Gasteiger partial charge in [-0.2, -0.15) is 0 Å². The molecule has 0 aliphatic carbocycles. The standard InChI is InChI=1S/C19H29N3O/c1-5-9-20-10-6-7-15(3)22-18-13-16(23-4)12-17-14(2)8-11-21-19(17)18/h8,11-13,15,20,22H,5-7,9-10H2,1-4H3/t15-/m1/s1. The number of nitrogens with one attached hydrogen (secondary N) is 2. The Hall–Kier alpha value is -1.81. The molecule has 126 valence electrons. The van der Waals surface area contributed by atoms with Crippen LogP contribution in [0.3, 0.4) is 0 Å². The summed E-state index contributed by atoms with van der Waals surface area (Å²) in [6, 6.07) is 6.54. The molecule has 2 N–H and O–H groups in total. The van der Waals surface area contributed by atoms with Crippen molar-refractivity contribution in [1.82, 2.24) is 10.3 Å². The molecule has 0 radical (unpaired) electrons. The van der Waals surface area contributed by atoms with E-state index in [1.807, 2.05) is 18.3 Å². The maximum atomic E-state index is 5.45. The van der Waals surface area contributed by atoms with Crippen molar-refractivity contribution in [3.8, 4) is 5.75 Å². The molecule has 23 heavy (non-hydrogen) atoms. The molecule has 0 bridgehead atoms. The average Bonchev–Trinajstić information content (AvgIpc) is 2.55. The third-order valence-electron chi connectivity index (χ3n) is 4.09. The number of methoxy groups -OCH3 is 1. The minimum Gasteiger partial charge on any atom is -0.497 e. The van der Waals surface area contributed by atoms with Crippen LogP contribution in [0, 0.1) is 6.92 Å². The second-order valence-corrected chi connectivity index (χ2v) is 6.14. The maximum Gasteiger partial charge on any atom is 0.121 e. The number of pyridine rings is 1. The van der Waals surface area contributed by atoms with E-state index < -0.39 is 0 Å². The zero-order valence-corrected chi connectivity index (χ0v) is 14.8. The van der Waals surface area contributed by atoms with E-state index in [4.69, 9.17) is 4.74 Å². The van der Waals surface area contributed by atoms with E-state index in [0.29, 0.717) is 6.04 Å². The molecule has 4 nitrogen and oxygen atoms in total. The van der Waals surface area contributed by atoms with Crippen LogP contribution in [0.25, 0.3) is 10.9 Å². The van der Waals surface area contributed by atoms with Crippen molar-refractivity contribution in [1.29, 1.82) is 0 Å². The molecule has 0 unspecified atom stereocenters. The highest BCUT2D eigenvalue weighted by Gasteiger charge is 2.10. The summed E-state index contributed by atoms with van der Waals surface area (Å²) in [6.07, 6.45) is 5.35. The lowest BCUT2D eigenvalue weighted by atomic mass is 10.1. The van der Waals surface area contributed by atoms with Crippen LogP contribution in [-0.2, 0) is 0 Å². The van der Waals surface area contributed by atoms with Gasteiger partial charge in [0.2, 0.25) is 0 Å². The van der Waals surface area contributed by atoms with Gasteiger partial charge in [0.1, 0.15) is 5.75 Å². The highest BCUT2D eigenvalue weighted by atomic mass is 16.5. The minimum atomic E-state index is 0.399. The minimum absolute atomic E-state index is 0.399. The molecule has 1 aromatic carbocycles. The third kappa shape index (κ3) is 4.83. The highest BCUT2D eigenvalue weighted by molar-refractivity contribution is 5.94. The summed E-state index contributed by atoms with van der Waals surface area (Å²) in [7, 11) is 1.71. The van der Waals surface area contributed by atoms with Crippen LogP contribution in [0.1, 0.15) is 38.7 Å². The zero-order valence-electron chi connectivity index (χ0n) is 14.8. The lowest BCUT2D eigenvalue weighted by Crippen LogP contribution is -2.20. The fraction of sp³-hybridized carbons (Fsp3) is 0.526. The van der Waals surface area contributed by atoms with Crippen LogP contribution in [0.4, 0.5) is 5.69 Å². The summed E-state index contributed by atoms with van der Waals surface area (Å²) < 4.78 is 5.45. The average molecular weight is 315 g/mol. The van der Waals surface area contributed by atoms with Crippen LogP contribution in [0.15, 0.2) is 24.4 Å². The number of benzene rings is 1. The molecule has 1 aromatic heterocycles. The van der Waals surface area contributed by atoms with E-state index in [9.17, 15) is 0 Å². The zero-order chi connectivity index (χ0) is 16.7. The Balaban J connectivity index is 2.08. The van der Waals surface area contributed by atoms with E-state index in [1.165, 1.54) is 18.4 Å².